The minimum Gasteiger partial charge on any atom is -0.375 e. The van der Waals surface area contributed by atoms with Gasteiger partial charge in [-0.3, -0.25) is 4.79 Å². The topological polar surface area (TPSA) is 38.8 Å². The van der Waals surface area contributed by atoms with Crippen LogP contribution in [0.1, 0.15) is 32.6 Å². The summed E-state index contributed by atoms with van der Waals surface area (Å²) in [6, 6.07) is 0. The van der Waals surface area contributed by atoms with Crippen molar-refractivity contribution in [3.8, 4) is 0 Å². The van der Waals surface area contributed by atoms with E-state index in [1.165, 1.54) is 0 Å². The maximum atomic E-state index is 11.1. The van der Waals surface area contributed by atoms with Crippen molar-refractivity contribution >= 4 is 5.78 Å². The van der Waals surface area contributed by atoms with E-state index in [4.69, 9.17) is 9.47 Å². The van der Waals surface area contributed by atoms with Crippen molar-refractivity contribution in [1.82, 2.24) is 0 Å². The second-order valence-electron chi connectivity index (χ2n) is 4.37. The van der Waals surface area contributed by atoms with Gasteiger partial charge in [0.15, 0.2) is 0 Å². The fourth-order valence-electron chi connectivity index (χ4n) is 2.04. The smallest absolute Gasteiger partial charge is 0.132 e. The first kappa shape index (κ1) is 10.1. The molecule has 0 N–H and O–H groups in total. The highest BCUT2D eigenvalue weighted by molar-refractivity contribution is 5.78. The van der Waals surface area contributed by atoms with E-state index < -0.39 is 0 Å². The third kappa shape index (κ3) is 2.79. The standard InChI is InChI=1S/C11H18O3/c1-8(12)9-2-4-10(5-3-9)13-6-11-7-14-11/h9-11H,2-7H2,1H3. The van der Waals surface area contributed by atoms with Crippen LogP contribution in [0.15, 0.2) is 0 Å². The molecule has 1 saturated heterocycles. The fraction of sp³-hybridized carbons (Fsp3) is 0.909. The average Bonchev–Trinajstić information content (AvgIpc) is 2.99. The van der Waals surface area contributed by atoms with E-state index in [2.05, 4.69) is 0 Å². The molecule has 0 aromatic heterocycles. The van der Waals surface area contributed by atoms with E-state index in [0.29, 0.717) is 23.9 Å². The largest absolute Gasteiger partial charge is 0.375 e. The van der Waals surface area contributed by atoms with Crippen LogP contribution in [-0.2, 0) is 14.3 Å². The summed E-state index contributed by atoms with van der Waals surface area (Å²) in [5.41, 5.74) is 0. The van der Waals surface area contributed by atoms with Gasteiger partial charge in [-0.1, -0.05) is 0 Å². The van der Waals surface area contributed by atoms with Gasteiger partial charge in [-0.15, -0.1) is 0 Å². The van der Waals surface area contributed by atoms with Crippen molar-refractivity contribution in [2.24, 2.45) is 5.92 Å². The molecule has 3 nitrogen and oxygen atoms in total. The number of ether oxygens (including phenoxy) is 2. The predicted octanol–water partition coefficient (Wildman–Crippen LogP) is 1.55. The molecule has 0 bridgehead atoms. The molecule has 0 aromatic rings. The predicted molar refractivity (Wildman–Crippen MR) is 52.1 cm³/mol. The van der Waals surface area contributed by atoms with Crippen molar-refractivity contribution in [2.75, 3.05) is 13.2 Å². The molecule has 80 valence electrons. The van der Waals surface area contributed by atoms with Gasteiger partial charge in [0.2, 0.25) is 0 Å². The number of ketones is 1. The van der Waals surface area contributed by atoms with Crippen molar-refractivity contribution in [3.63, 3.8) is 0 Å². The molecule has 1 aliphatic carbocycles. The average molecular weight is 198 g/mol. The quantitative estimate of drug-likeness (QED) is 0.643. The molecule has 1 aliphatic heterocycles. The van der Waals surface area contributed by atoms with Gasteiger partial charge in [0.25, 0.3) is 0 Å². The first-order valence-corrected chi connectivity index (χ1v) is 5.49. The monoisotopic (exact) mass is 198 g/mol. The van der Waals surface area contributed by atoms with Crippen LogP contribution < -0.4 is 0 Å². The second-order valence-corrected chi connectivity index (χ2v) is 4.37. The van der Waals surface area contributed by atoms with Gasteiger partial charge in [0.1, 0.15) is 11.9 Å². The number of Topliss-reactive ketones (excluding diaryl/α,β-unsaturated/α-hetero) is 1. The van der Waals surface area contributed by atoms with Crippen LogP contribution >= 0.6 is 0 Å². The molecule has 14 heavy (non-hydrogen) atoms. The SMILES string of the molecule is CC(=O)C1CCC(OCC2CO2)CC1. The lowest BCUT2D eigenvalue weighted by atomic mass is 9.85. The fourth-order valence-corrected chi connectivity index (χ4v) is 2.04. The minimum atomic E-state index is 0.298. The Bertz CT molecular complexity index is 203. The molecule has 0 amide bonds. The third-order valence-corrected chi connectivity index (χ3v) is 3.17. The normalized spacial score (nSPS) is 36.8. The van der Waals surface area contributed by atoms with Crippen LogP contribution in [0.25, 0.3) is 0 Å². The summed E-state index contributed by atoms with van der Waals surface area (Å²) in [5.74, 6) is 0.640. The van der Waals surface area contributed by atoms with Crippen LogP contribution in [0.5, 0.6) is 0 Å². The highest BCUT2D eigenvalue weighted by Gasteiger charge is 2.27. The van der Waals surface area contributed by atoms with Crippen LogP contribution in [0.4, 0.5) is 0 Å². The molecular weight excluding hydrogens is 180 g/mol. The molecule has 1 heterocycles. The molecule has 2 aliphatic rings. The summed E-state index contributed by atoms with van der Waals surface area (Å²) in [5, 5.41) is 0. The summed E-state index contributed by atoms with van der Waals surface area (Å²) in [7, 11) is 0. The zero-order valence-electron chi connectivity index (χ0n) is 8.70. The Morgan fingerprint density at radius 3 is 2.50 bits per heavy atom. The summed E-state index contributed by atoms with van der Waals surface area (Å²) < 4.78 is 10.8. The molecule has 1 atom stereocenters. The van der Waals surface area contributed by atoms with Gasteiger partial charge < -0.3 is 9.47 Å². The maximum Gasteiger partial charge on any atom is 0.132 e. The van der Waals surface area contributed by atoms with Gasteiger partial charge in [-0.25, -0.2) is 0 Å². The van der Waals surface area contributed by atoms with Gasteiger partial charge >= 0.3 is 0 Å². The minimum absolute atomic E-state index is 0.298. The molecular formula is C11H18O3. The van der Waals surface area contributed by atoms with Crippen LogP contribution in [0.3, 0.4) is 0 Å². The molecule has 0 spiro atoms. The Morgan fingerprint density at radius 1 is 1.36 bits per heavy atom. The van der Waals surface area contributed by atoms with Crippen molar-refractivity contribution < 1.29 is 14.3 Å². The van der Waals surface area contributed by atoms with E-state index in [9.17, 15) is 4.79 Å². The van der Waals surface area contributed by atoms with E-state index in [1.807, 2.05) is 0 Å². The van der Waals surface area contributed by atoms with Crippen LogP contribution in [0, 0.1) is 5.92 Å². The zero-order chi connectivity index (χ0) is 9.97. The first-order valence-electron chi connectivity index (χ1n) is 5.49. The second kappa shape index (κ2) is 4.41. The molecule has 0 radical (unpaired) electrons. The van der Waals surface area contributed by atoms with Crippen molar-refractivity contribution in [3.05, 3.63) is 0 Å². The zero-order valence-corrected chi connectivity index (χ0v) is 8.70. The Hall–Kier alpha value is -0.410. The highest BCUT2D eigenvalue weighted by atomic mass is 16.6. The van der Waals surface area contributed by atoms with Crippen LogP contribution in [-0.4, -0.2) is 31.2 Å². The van der Waals surface area contributed by atoms with Crippen LogP contribution in [0.2, 0.25) is 0 Å². The molecule has 3 heteroatoms. The number of rotatable bonds is 4. The third-order valence-electron chi connectivity index (χ3n) is 3.17. The number of hydrogen-bond donors (Lipinski definition) is 0. The van der Waals surface area contributed by atoms with Crippen molar-refractivity contribution in [1.29, 1.82) is 0 Å². The van der Waals surface area contributed by atoms with E-state index in [1.54, 1.807) is 6.92 Å². The maximum absolute atomic E-state index is 11.1. The summed E-state index contributed by atoms with van der Waals surface area (Å²) in [6.45, 7) is 3.31. The van der Waals surface area contributed by atoms with E-state index in [0.717, 1.165) is 38.9 Å². The first-order chi connectivity index (χ1) is 6.75. The Morgan fingerprint density at radius 2 is 2.00 bits per heavy atom. The molecule has 1 unspecified atom stereocenters. The summed E-state index contributed by atoms with van der Waals surface area (Å²) >= 11 is 0. The van der Waals surface area contributed by atoms with Gasteiger partial charge in [-0.2, -0.15) is 0 Å². The summed E-state index contributed by atoms with van der Waals surface area (Å²) in [6.07, 6.45) is 4.82. The Kier molecular flexibility index (Phi) is 3.19. The van der Waals surface area contributed by atoms with Crippen molar-refractivity contribution in [2.45, 2.75) is 44.8 Å². The van der Waals surface area contributed by atoms with Gasteiger partial charge in [-0.05, 0) is 32.6 Å². The lowest BCUT2D eigenvalue weighted by molar-refractivity contribution is -0.122. The lowest BCUT2D eigenvalue weighted by Crippen LogP contribution is -2.26. The van der Waals surface area contributed by atoms with Gasteiger partial charge in [0, 0.05) is 5.92 Å². The van der Waals surface area contributed by atoms with E-state index in [-0.39, 0.29) is 0 Å². The molecule has 2 rings (SSSR count). The number of hydrogen-bond acceptors (Lipinski definition) is 3. The lowest BCUT2D eigenvalue weighted by Gasteiger charge is -2.26. The van der Waals surface area contributed by atoms with E-state index >= 15 is 0 Å². The summed E-state index contributed by atoms with van der Waals surface area (Å²) in [4.78, 5) is 11.1. The number of carbonyl (C=O) groups excluding carboxylic acids is 1. The van der Waals surface area contributed by atoms with Gasteiger partial charge in [0.05, 0.1) is 19.3 Å². The number of epoxide rings is 1. The Balaban J connectivity index is 1.64. The molecule has 2 fully saturated rings. The highest BCUT2D eigenvalue weighted by Crippen LogP contribution is 2.27. The Labute approximate surface area is 84.8 Å². The molecule has 1 saturated carbocycles. The molecule has 0 aromatic carbocycles. The number of carbonyl (C=O) groups is 1.